The van der Waals surface area contributed by atoms with Gasteiger partial charge in [-0.2, -0.15) is 0 Å². The Kier molecular flexibility index (Phi) is 2.85. The average molecular weight is 222 g/mol. The molecule has 16 heavy (non-hydrogen) atoms. The van der Waals surface area contributed by atoms with E-state index in [0.717, 1.165) is 5.75 Å². The van der Waals surface area contributed by atoms with Crippen LogP contribution in [-0.2, 0) is 0 Å². The number of hydrogen-bond acceptors (Lipinski definition) is 4. The van der Waals surface area contributed by atoms with Crippen LogP contribution in [0.2, 0.25) is 0 Å². The fourth-order valence-corrected chi connectivity index (χ4v) is 1.28. The first-order chi connectivity index (χ1) is 7.66. The summed E-state index contributed by atoms with van der Waals surface area (Å²) in [5, 5.41) is 7.24. The molecule has 1 heterocycles. The van der Waals surface area contributed by atoms with Crippen LogP contribution in [0.3, 0.4) is 0 Å². The third-order valence-electron chi connectivity index (χ3n) is 2.37. The first-order valence-corrected chi connectivity index (χ1v) is 5.03. The first kappa shape index (κ1) is 10.6. The van der Waals surface area contributed by atoms with Crippen molar-refractivity contribution in [3.63, 3.8) is 0 Å². The molecule has 0 aliphatic carbocycles. The summed E-state index contributed by atoms with van der Waals surface area (Å²) < 4.78 is 15.9. The highest BCUT2D eigenvalue weighted by molar-refractivity contribution is 5.79. The van der Waals surface area contributed by atoms with Crippen LogP contribution in [0.25, 0.3) is 0 Å². The van der Waals surface area contributed by atoms with Crippen molar-refractivity contribution in [2.75, 3.05) is 13.4 Å². The molecule has 1 unspecified atom stereocenters. The Morgan fingerprint density at radius 1 is 1.50 bits per heavy atom. The van der Waals surface area contributed by atoms with E-state index in [0.29, 0.717) is 18.1 Å². The first-order valence-electron chi connectivity index (χ1n) is 5.03. The Morgan fingerprint density at radius 3 is 3.00 bits per heavy atom. The summed E-state index contributed by atoms with van der Waals surface area (Å²) in [7, 11) is 0. The van der Waals surface area contributed by atoms with Crippen LogP contribution in [0.4, 0.5) is 0 Å². The molecule has 1 aliphatic heterocycles. The Bertz CT molecular complexity index is 406. The van der Waals surface area contributed by atoms with Crippen molar-refractivity contribution in [2.24, 2.45) is 11.7 Å². The number of ether oxygens (including phenoxy) is 3. The predicted octanol–water partition coefficient (Wildman–Crippen LogP) is 1.37. The number of amidine groups is 1. The summed E-state index contributed by atoms with van der Waals surface area (Å²) in [4.78, 5) is 0. The Balaban J connectivity index is 1.98. The van der Waals surface area contributed by atoms with Gasteiger partial charge in [0.1, 0.15) is 5.75 Å². The number of benzene rings is 1. The third kappa shape index (κ3) is 2.18. The van der Waals surface area contributed by atoms with Gasteiger partial charge < -0.3 is 19.9 Å². The average Bonchev–Trinajstić information content (AvgIpc) is 2.72. The molecule has 0 saturated heterocycles. The maximum absolute atomic E-state index is 7.24. The molecule has 0 bridgehead atoms. The molecular formula is C11H14N2O3. The second-order valence-corrected chi connectivity index (χ2v) is 3.68. The normalized spacial score (nSPS) is 14.6. The summed E-state index contributed by atoms with van der Waals surface area (Å²) in [5.74, 6) is 2.14. The molecule has 5 nitrogen and oxygen atoms in total. The summed E-state index contributed by atoms with van der Waals surface area (Å²) in [5.41, 5.74) is 5.35. The summed E-state index contributed by atoms with van der Waals surface area (Å²) in [6, 6.07) is 5.38. The van der Waals surface area contributed by atoms with Crippen molar-refractivity contribution in [1.82, 2.24) is 0 Å². The Labute approximate surface area is 93.6 Å². The minimum atomic E-state index is -0.0922. The van der Waals surface area contributed by atoms with Crippen molar-refractivity contribution < 1.29 is 14.2 Å². The lowest BCUT2D eigenvalue weighted by atomic mass is 10.2. The molecule has 0 amide bonds. The van der Waals surface area contributed by atoms with Gasteiger partial charge in [0.2, 0.25) is 6.79 Å². The van der Waals surface area contributed by atoms with E-state index in [9.17, 15) is 0 Å². The van der Waals surface area contributed by atoms with Crippen LogP contribution in [-0.4, -0.2) is 19.2 Å². The zero-order chi connectivity index (χ0) is 11.5. The van der Waals surface area contributed by atoms with E-state index in [1.807, 2.05) is 6.92 Å². The number of rotatable bonds is 4. The molecule has 86 valence electrons. The van der Waals surface area contributed by atoms with Crippen LogP contribution in [0.5, 0.6) is 17.2 Å². The van der Waals surface area contributed by atoms with Gasteiger partial charge in [0.05, 0.1) is 12.4 Å². The molecule has 5 heteroatoms. The van der Waals surface area contributed by atoms with E-state index in [4.69, 9.17) is 25.4 Å². The van der Waals surface area contributed by atoms with Gasteiger partial charge in [-0.3, -0.25) is 5.41 Å². The number of hydrogen-bond donors (Lipinski definition) is 2. The molecule has 2 rings (SSSR count). The maximum Gasteiger partial charge on any atom is 0.231 e. The summed E-state index contributed by atoms with van der Waals surface area (Å²) in [6.45, 7) is 2.48. The fraction of sp³-hybridized carbons (Fsp3) is 0.364. The van der Waals surface area contributed by atoms with Gasteiger partial charge >= 0.3 is 0 Å². The van der Waals surface area contributed by atoms with E-state index in [1.165, 1.54) is 0 Å². The van der Waals surface area contributed by atoms with E-state index < -0.39 is 0 Å². The smallest absolute Gasteiger partial charge is 0.231 e. The summed E-state index contributed by atoms with van der Waals surface area (Å²) in [6.07, 6.45) is 0. The van der Waals surface area contributed by atoms with Crippen molar-refractivity contribution in [3.8, 4) is 17.2 Å². The highest BCUT2D eigenvalue weighted by Crippen LogP contribution is 2.35. The molecule has 0 fully saturated rings. The molecule has 1 aliphatic rings. The molecule has 0 saturated carbocycles. The summed E-state index contributed by atoms with van der Waals surface area (Å²) >= 11 is 0. The Hall–Kier alpha value is -1.91. The largest absolute Gasteiger partial charge is 0.493 e. The van der Waals surface area contributed by atoms with Crippen LogP contribution in [0, 0.1) is 11.3 Å². The molecule has 1 aromatic carbocycles. The molecule has 1 atom stereocenters. The van der Waals surface area contributed by atoms with Gasteiger partial charge in [-0.05, 0) is 12.1 Å². The predicted molar refractivity (Wildman–Crippen MR) is 59.1 cm³/mol. The molecule has 1 aromatic rings. The minimum Gasteiger partial charge on any atom is -0.493 e. The second-order valence-electron chi connectivity index (χ2n) is 3.68. The fourth-order valence-electron chi connectivity index (χ4n) is 1.28. The van der Waals surface area contributed by atoms with Gasteiger partial charge in [-0.1, -0.05) is 6.92 Å². The topological polar surface area (TPSA) is 77.6 Å². The zero-order valence-electron chi connectivity index (χ0n) is 9.03. The highest BCUT2D eigenvalue weighted by Gasteiger charge is 2.14. The van der Waals surface area contributed by atoms with E-state index in [1.54, 1.807) is 18.2 Å². The second kappa shape index (κ2) is 4.30. The lowest BCUT2D eigenvalue weighted by Crippen LogP contribution is -2.25. The monoisotopic (exact) mass is 222 g/mol. The standard InChI is InChI=1S/C11H14N2O3/c1-7(11(12)13)5-14-8-2-3-9-10(4-8)16-6-15-9/h2-4,7H,5-6H2,1H3,(H3,12,13). The quantitative estimate of drug-likeness (QED) is 0.595. The molecule has 0 radical (unpaired) electrons. The zero-order valence-corrected chi connectivity index (χ0v) is 9.03. The van der Waals surface area contributed by atoms with Crippen LogP contribution >= 0.6 is 0 Å². The number of nitrogens with two attached hydrogens (primary N) is 1. The highest BCUT2D eigenvalue weighted by atomic mass is 16.7. The van der Waals surface area contributed by atoms with Crippen molar-refractivity contribution in [1.29, 1.82) is 5.41 Å². The van der Waals surface area contributed by atoms with E-state index in [-0.39, 0.29) is 18.5 Å². The Morgan fingerprint density at radius 2 is 2.25 bits per heavy atom. The molecule has 0 spiro atoms. The van der Waals surface area contributed by atoms with Crippen LogP contribution < -0.4 is 19.9 Å². The van der Waals surface area contributed by atoms with Gasteiger partial charge in [0.25, 0.3) is 0 Å². The van der Waals surface area contributed by atoms with E-state index in [2.05, 4.69) is 0 Å². The van der Waals surface area contributed by atoms with Gasteiger partial charge in [-0.25, -0.2) is 0 Å². The van der Waals surface area contributed by atoms with Crippen molar-refractivity contribution in [3.05, 3.63) is 18.2 Å². The number of fused-ring (bicyclic) bond motifs is 1. The van der Waals surface area contributed by atoms with Gasteiger partial charge in [0, 0.05) is 12.0 Å². The van der Waals surface area contributed by atoms with E-state index >= 15 is 0 Å². The molecule has 0 aromatic heterocycles. The van der Waals surface area contributed by atoms with Crippen molar-refractivity contribution in [2.45, 2.75) is 6.92 Å². The van der Waals surface area contributed by atoms with Crippen molar-refractivity contribution >= 4 is 5.84 Å². The van der Waals surface area contributed by atoms with Gasteiger partial charge in [-0.15, -0.1) is 0 Å². The lowest BCUT2D eigenvalue weighted by molar-refractivity contribution is 0.173. The minimum absolute atomic E-state index is 0.0922. The molecular weight excluding hydrogens is 208 g/mol. The van der Waals surface area contributed by atoms with Crippen LogP contribution in [0.15, 0.2) is 18.2 Å². The maximum atomic E-state index is 7.24. The third-order valence-corrected chi connectivity index (χ3v) is 2.37. The molecule has 3 N–H and O–H groups in total. The number of nitrogens with one attached hydrogen (secondary N) is 1. The SMILES string of the molecule is CC(COc1ccc2c(c1)OCO2)C(=N)N. The van der Waals surface area contributed by atoms with Gasteiger partial charge in [0.15, 0.2) is 11.5 Å². The van der Waals surface area contributed by atoms with Crippen LogP contribution in [0.1, 0.15) is 6.92 Å². The lowest BCUT2D eigenvalue weighted by Gasteiger charge is -2.11.